The summed E-state index contributed by atoms with van der Waals surface area (Å²) in [6.07, 6.45) is 2.74. The van der Waals surface area contributed by atoms with Crippen LogP contribution in [-0.4, -0.2) is 42.6 Å². The maximum absolute atomic E-state index is 14.8. The summed E-state index contributed by atoms with van der Waals surface area (Å²) in [5.74, 6) is -1.65. The number of benzene rings is 1. The molecule has 0 bridgehead atoms. The highest BCUT2D eigenvalue weighted by atomic mass is 32.2. The van der Waals surface area contributed by atoms with Gasteiger partial charge in [-0.25, -0.2) is 9.24 Å². The molecule has 3 rings (SSSR count). The minimum atomic E-state index is -3.93. The highest BCUT2D eigenvalue weighted by Crippen LogP contribution is 2.27. The van der Waals surface area contributed by atoms with E-state index in [-0.39, 0.29) is 22.5 Å². The third kappa shape index (κ3) is 3.38. The lowest BCUT2D eigenvalue weighted by Crippen LogP contribution is -2.29. The number of halogens is 1. The number of carbonyl (C=O) groups is 1. The van der Waals surface area contributed by atoms with E-state index in [9.17, 15) is 17.6 Å². The molecule has 0 aliphatic carbocycles. The predicted octanol–water partition coefficient (Wildman–Crippen LogP) is 2.70. The number of nitrogens with zero attached hydrogens (tertiary/aromatic N) is 3. The lowest BCUT2D eigenvalue weighted by Gasteiger charge is -2.14. The first-order valence-electron chi connectivity index (χ1n) is 7.62. The Hall–Kier alpha value is -3.29. The zero-order valence-electron chi connectivity index (χ0n) is 14.3. The Labute approximate surface area is 154 Å². The van der Waals surface area contributed by atoms with Gasteiger partial charge in [0.1, 0.15) is 5.65 Å². The Morgan fingerprint density at radius 2 is 2.07 bits per heavy atom. The SMILES string of the molecule is [C-]#[N+]c1cnc2[nH]cc(C(=O)c3cccc(NS(=O)(=O)N(C)C)c3F)c2c1. The first-order valence-corrected chi connectivity index (χ1v) is 9.06. The Morgan fingerprint density at radius 1 is 1.33 bits per heavy atom. The molecule has 2 N–H and O–H groups in total. The van der Waals surface area contributed by atoms with Crippen LogP contribution in [0.4, 0.5) is 15.8 Å². The molecule has 0 amide bonds. The molecule has 0 radical (unpaired) electrons. The third-order valence-electron chi connectivity index (χ3n) is 3.85. The average Bonchev–Trinajstić information content (AvgIpc) is 3.05. The largest absolute Gasteiger partial charge is 0.345 e. The fourth-order valence-electron chi connectivity index (χ4n) is 2.40. The van der Waals surface area contributed by atoms with Crippen LogP contribution in [0, 0.1) is 12.4 Å². The van der Waals surface area contributed by atoms with E-state index < -0.39 is 21.8 Å². The molecule has 2 heterocycles. The molecule has 1 aromatic carbocycles. The van der Waals surface area contributed by atoms with Gasteiger partial charge in [0.25, 0.3) is 0 Å². The zero-order valence-corrected chi connectivity index (χ0v) is 15.1. The summed E-state index contributed by atoms with van der Waals surface area (Å²) in [6.45, 7) is 7.06. The molecule has 0 saturated carbocycles. The second-order valence-corrected chi connectivity index (χ2v) is 7.67. The van der Waals surface area contributed by atoms with Crippen LogP contribution in [0.15, 0.2) is 36.7 Å². The number of fused-ring (bicyclic) bond motifs is 1. The standard InChI is InChI=1S/C17H14FN5O3S/c1-19-10-7-12-13(9-21-17(12)20-8-10)16(24)11-5-4-6-14(15(11)18)22-27(25,26)23(2)3/h4-9,22H,2-3H3,(H,20,21). The van der Waals surface area contributed by atoms with Crippen molar-refractivity contribution in [1.29, 1.82) is 0 Å². The number of pyridine rings is 1. The summed E-state index contributed by atoms with van der Waals surface area (Å²) >= 11 is 0. The van der Waals surface area contributed by atoms with Crippen molar-refractivity contribution in [3.05, 3.63) is 65.0 Å². The van der Waals surface area contributed by atoms with Crippen LogP contribution in [0.1, 0.15) is 15.9 Å². The smallest absolute Gasteiger partial charge is 0.301 e. The van der Waals surface area contributed by atoms with Crippen LogP contribution >= 0.6 is 0 Å². The number of aromatic nitrogens is 2. The van der Waals surface area contributed by atoms with E-state index in [1.165, 1.54) is 50.8 Å². The zero-order chi connectivity index (χ0) is 19.8. The van der Waals surface area contributed by atoms with Crippen molar-refractivity contribution in [3.63, 3.8) is 0 Å². The highest BCUT2D eigenvalue weighted by Gasteiger charge is 2.22. The number of aromatic amines is 1. The number of hydrogen-bond donors (Lipinski definition) is 2. The van der Waals surface area contributed by atoms with Gasteiger partial charge in [-0.1, -0.05) is 6.07 Å². The second-order valence-electron chi connectivity index (χ2n) is 5.79. The van der Waals surface area contributed by atoms with Crippen molar-refractivity contribution in [2.75, 3.05) is 18.8 Å². The normalized spacial score (nSPS) is 11.5. The minimum Gasteiger partial charge on any atom is -0.345 e. The number of hydrogen-bond acceptors (Lipinski definition) is 4. The lowest BCUT2D eigenvalue weighted by atomic mass is 10.0. The molecule has 8 nitrogen and oxygen atoms in total. The van der Waals surface area contributed by atoms with Gasteiger partial charge in [0.2, 0.25) is 5.69 Å². The highest BCUT2D eigenvalue weighted by molar-refractivity contribution is 7.90. The quantitative estimate of drug-likeness (QED) is 0.519. The van der Waals surface area contributed by atoms with Gasteiger partial charge < -0.3 is 4.98 Å². The molecule has 0 atom stereocenters. The van der Waals surface area contributed by atoms with Gasteiger partial charge in [-0.2, -0.15) is 12.7 Å². The number of carbonyl (C=O) groups excluding carboxylic acids is 1. The van der Waals surface area contributed by atoms with Gasteiger partial charge in [-0.15, -0.1) is 0 Å². The first-order chi connectivity index (χ1) is 12.7. The van der Waals surface area contributed by atoms with E-state index in [4.69, 9.17) is 6.57 Å². The summed E-state index contributed by atoms with van der Waals surface area (Å²) in [5.41, 5.74) is 0.117. The third-order valence-corrected chi connectivity index (χ3v) is 5.29. The number of rotatable bonds is 5. The molecular weight excluding hydrogens is 373 g/mol. The molecule has 0 saturated heterocycles. The molecule has 0 aliphatic heterocycles. The van der Waals surface area contributed by atoms with Crippen LogP contribution in [0.25, 0.3) is 15.9 Å². The summed E-state index contributed by atoms with van der Waals surface area (Å²) < 4.78 is 41.7. The van der Waals surface area contributed by atoms with Crippen LogP contribution in [0.3, 0.4) is 0 Å². The summed E-state index contributed by atoms with van der Waals surface area (Å²) in [4.78, 5) is 23.0. The molecule has 27 heavy (non-hydrogen) atoms. The number of anilines is 1. The molecule has 0 aliphatic rings. The topological polar surface area (TPSA) is 99.5 Å². The van der Waals surface area contributed by atoms with Crippen LogP contribution in [-0.2, 0) is 10.2 Å². The fraction of sp³-hybridized carbons (Fsp3) is 0.118. The van der Waals surface area contributed by atoms with E-state index >= 15 is 0 Å². The van der Waals surface area contributed by atoms with E-state index in [0.29, 0.717) is 11.0 Å². The number of nitrogens with one attached hydrogen (secondary N) is 2. The van der Waals surface area contributed by atoms with Gasteiger partial charge in [0.15, 0.2) is 11.6 Å². The fourth-order valence-corrected chi connectivity index (χ4v) is 3.02. The molecule has 0 unspecified atom stereocenters. The summed E-state index contributed by atoms with van der Waals surface area (Å²) in [7, 11) is -1.34. The van der Waals surface area contributed by atoms with Crippen molar-refractivity contribution in [2.24, 2.45) is 0 Å². The monoisotopic (exact) mass is 387 g/mol. The molecule has 138 valence electrons. The van der Waals surface area contributed by atoms with Gasteiger partial charge >= 0.3 is 10.2 Å². The summed E-state index contributed by atoms with van der Waals surface area (Å²) in [6, 6.07) is 5.34. The molecular formula is C17H14FN5O3S. The van der Waals surface area contributed by atoms with Gasteiger partial charge in [0, 0.05) is 37.4 Å². The van der Waals surface area contributed by atoms with Gasteiger partial charge in [0.05, 0.1) is 17.8 Å². The maximum Gasteiger partial charge on any atom is 0.301 e. The van der Waals surface area contributed by atoms with E-state index in [0.717, 1.165) is 4.31 Å². The molecule has 0 fully saturated rings. The van der Waals surface area contributed by atoms with Crippen LogP contribution < -0.4 is 4.72 Å². The number of H-pyrrole nitrogens is 1. The molecule has 10 heteroatoms. The second kappa shape index (κ2) is 6.79. The van der Waals surface area contributed by atoms with Crippen LogP contribution in [0.2, 0.25) is 0 Å². The Kier molecular flexibility index (Phi) is 4.65. The molecule has 3 aromatic rings. The molecule has 0 spiro atoms. The minimum absolute atomic E-state index is 0.134. The van der Waals surface area contributed by atoms with Crippen LogP contribution in [0.5, 0.6) is 0 Å². The Balaban J connectivity index is 2.06. The van der Waals surface area contributed by atoms with Crippen molar-refractivity contribution >= 4 is 38.4 Å². The van der Waals surface area contributed by atoms with Crippen molar-refractivity contribution in [1.82, 2.24) is 14.3 Å². The number of ketones is 1. The van der Waals surface area contributed by atoms with Crippen molar-refractivity contribution in [3.8, 4) is 0 Å². The Bertz CT molecular complexity index is 1190. The van der Waals surface area contributed by atoms with Crippen molar-refractivity contribution < 1.29 is 17.6 Å². The van der Waals surface area contributed by atoms with Gasteiger partial charge in [-0.05, 0) is 18.2 Å². The predicted molar refractivity (Wildman–Crippen MR) is 98.4 cm³/mol. The summed E-state index contributed by atoms with van der Waals surface area (Å²) in [5, 5.41) is 0.382. The van der Waals surface area contributed by atoms with E-state index in [2.05, 4.69) is 19.5 Å². The Morgan fingerprint density at radius 3 is 2.74 bits per heavy atom. The van der Waals surface area contributed by atoms with Crippen molar-refractivity contribution in [2.45, 2.75) is 0 Å². The maximum atomic E-state index is 14.8. The first kappa shape index (κ1) is 18.5. The molecule has 2 aromatic heterocycles. The lowest BCUT2D eigenvalue weighted by molar-refractivity contribution is 0.103. The van der Waals surface area contributed by atoms with E-state index in [1.807, 2.05) is 0 Å². The average molecular weight is 387 g/mol. The van der Waals surface area contributed by atoms with Gasteiger partial charge in [-0.3, -0.25) is 14.5 Å². The van der Waals surface area contributed by atoms with E-state index in [1.54, 1.807) is 0 Å².